The minimum absolute atomic E-state index is 0.263. The lowest BCUT2D eigenvalue weighted by atomic mass is 10.0. The quantitative estimate of drug-likeness (QED) is 0.875. The molecular weight excluding hydrogens is 250 g/mol. The molecule has 0 atom stereocenters. The summed E-state index contributed by atoms with van der Waals surface area (Å²) in [5.74, 6) is 0.620. The van der Waals surface area contributed by atoms with E-state index < -0.39 is 0 Å². The summed E-state index contributed by atoms with van der Waals surface area (Å²) in [5.41, 5.74) is 8.57. The van der Waals surface area contributed by atoms with E-state index in [1.54, 1.807) is 0 Å². The lowest BCUT2D eigenvalue weighted by Crippen LogP contribution is -2.11. The SMILES string of the molecule is CCOc1ccc(-c2ccc(CCC(N)=O)cc2)cc1. The molecule has 3 nitrogen and oxygen atoms in total. The fraction of sp³-hybridized carbons (Fsp3) is 0.235. The van der Waals surface area contributed by atoms with Gasteiger partial charge in [0, 0.05) is 6.42 Å². The minimum Gasteiger partial charge on any atom is -0.494 e. The number of rotatable bonds is 6. The number of nitrogens with two attached hydrogens (primary N) is 1. The zero-order valence-electron chi connectivity index (χ0n) is 11.6. The van der Waals surface area contributed by atoms with E-state index >= 15 is 0 Å². The molecule has 0 aromatic heterocycles. The van der Waals surface area contributed by atoms with E-state index in [9.17, 15) is 4.79 Å². The maximum Gasteiger partial charge on any atom is 0.217 e. The molecule has 0 saturated heterocycles. The van der Waals surface area contributed by atoms with Gasteiger partial charge < -0.3 is 10.5 Å². The Balaban J connectivity index is 2.07. The van der Waals surface area contributed by atoms with Crippen LogP contribution in [-0.4, -0.2) is 12.5 Å². The van der Waals surface area contributed by atoms with Gasteiger partial charge in [-0.1, -0.05) is 36.4 Å². The lowest BCUT2D eigenvalue weighted by molar-refractivity contribution is -0.117. The first-order valence-electron chi connectivity index (χ1n) is 6.79. The van der Waals surface area contributed by atoms with Gasteiger partial charge in [-0.2, -0.15) is 0 Å². The lowest BCUT2D eigenvalue weighted by Gasteiger charge is -2.06. The smallest absolute Gasteiger partial charge is 0.217 e. The van der Waals surface area contributed by atoms with Gasteiger partial charge in [0.25, 0.3) is 0 Å². The van der Waals surface area contributed by atoms with Gasteiger partial charge in [0.15, 0.2) is 0 Å². The number of ether oxygens (including phenoxy) is 1. The van der Waals surface area contributed by atoms with E-state index in [4.69, 9.17) is 10.5 Å². The number of hydrogen-bond acceptors (Lipinski definition) is 2. The van der Waals surface area contributed by atoms with Gasteiger partial charge in [-0.15, -0.1) is 0 Å². The van der Waals surface area contributed by atoms with Gasteiger partial charge in [-0.25, -0.2) is 0 Å². The number of hydrogen-bond donors (Lipinski definition) is 1. The van der Waals surface area contributed by atoms with Crippen molar-refractivity contribution in [1.82, 2.24) is 0 Å². The Morgan fingerprint density at radius 1 is 1.00 bits per heavy atom. The monoisotopic (exact) mass is 269 g/mol. The van der Waals surface area contributed by atoms with E-state index in [0.29, 0.717) is 19.4 Å². The number of benzene rings is 2. The normalized spacial score (nSPS) is 10.2. The van der Waals surface area contributed by atoms with Crippen molar-refractivity contribution in [2.45, 2.75) is 19.8 Å². The molecule has 0 aliphatic heterocycles. The van der Waals surface area contributed by atoms with Crippen molar-refractivity contribution >= 4 is 5.91 Å². The highest BCUT2D eigenvalue weighted by molar-refractivity contribution is 5.74. The summed E-state index contributed by atoms with van der Waals surface area (Å²) in [6.45, 7) is 2.65. The van der Waals surface area contributed by atoms with Crippen molar-refractivity contribution in [3.8, 4) is 16.9 Å². The van der Waals surface area contributed by atoms with Gasteiger partial charge in [0.1, 0.15) is 5.75 Å². The van der Waals surface area contributed by atoms with E-state index in [0.717, 1.165) is 22.4 Å². The second-order valence-electron chi connectivity index (χ2n) is 4.62. The van der Waals surface area contributed by atoms with Crippen LogP contribution in [-0.2, 0) is 11.2 Å². The third-order valence-electron chi connectivity index (χ3n) is 3.11. The maximum atomic E-state index is 10.8. The second-order valence-corrected chi connectivity index (χ2v) is 4.62. The Morgan fingerprint density at radius 2 is 1.55 bits per heavy atom. The molecule has 3 heteroatoms. The molecule has 0 aliphatic carbocycles. The third kappa shape index (κ3) is 3.85. The number of aryl methyl sites for hydroxylation is 1. The molecule has 2 aromatic carbocycles. The summed E-state index contributed by atoms with van der Waals surface area (Å²) in [6.07, 6.45) is 1.08. The van der Waals surface area contributed by atoms with Crippen LogP contribution in [0, 0.1) is 0 Å². The average molecular weight is 269 g/mol. The average Bonchev–Trinajstić information content (AvgIpc) is 2.47. The highest BCUT2D eigenvalue weighted by Crippen LogP contribution is 2.23. The fourth-order valence-corrected chi connectivity index (χ4v) is 2.04. The first-order chi connectivity index (χ1) is 9.69. The Hall–Kier alpha value is -2.29. The standard InChI is InChI=1S/C17H19NO2/c1-2-20-16-10-8-15(9-11-16)14-6-3-13(4-7-14)5-12-17(18)19/h3-4,6-11H,2,5,12H2,1H3,(H2,18,19). The van der Waals surface area contributed by atoms with Crippen LogP contribution in [0.4, 0.5) is 0 Å². The molecule has 1 amide bonds. The Morgan fingerprint density at radius 3 is 2.05 bits per heavy atom. The van der Waals surface area contributed by atoms with Crippen molar-refractivity contribution in [1.29, 1.82) is 0 Å². The molecule has 2 rings (SSSR count). The molecular formula is C17H19NO2. The van der Waals surface area contributed by atoms with E-state index in [2.05, 4.69) is 12.1 Å². The Bertz CT molecular complexity index is 559. The van der Waals surface area contributed by atoms with Crippen LogP contribution < -0.4 is 10.5 Å². The summed E-state index contributed by atoms with van der Waals surface area (Å²) in [5, 5.41) is 0. The Labute approximate surface area is 119 Å². The van der Waals surface area contributed by atoms with Crippen molar-refractivity contribution in [2.24, 2.45) is 5.73 Å². The number of primary amides is 1. The third-order valence-corrected chi connectivity index (χ3v) is 3.11. The van der Waals surface area contributed by atoms with Gasteiger partial charge in [0.2, 0.25) is 5.91 Å². The van der Waals surface area contributed by atoms with Crippen molar-refractivity contribution in [2.75, 3.05) is 6.61 Å². The largest absolute Gasteiger partial charge is 0.494 e. The molecule has 0 saturated carbocycles. The van der Waals surface area contributed by atoms with Crippen LogP contribution in [0.3, 0.4) is 0 Å². The highest BCUT2D eigenvalue weighted by Gasteiger charge is 2.01. The molecule has 0 aliphatic rings. The summed E-state index contributed by atoms with van der Waals surface area (Å²) in [4.78, 5) is 10.8. The van der Waals surface area contributed by atoms with Crippen molar-refractivity contribution < 1.29 is 9.53 Å². The summed E-state index contributed by atoms with van der Waals surface area (Å²) < 4.78 is 5.43. The van der Waals surface area contributed by atoms with Gasteiger partial charge in [-0.3, -0.25) is 4.79 Å². The van der Waals surface area contributed by atoms with Crippen molar-refractivity contribution in [3.05, 3.63) is 54.1 Å². The molecule has 104 valence electrons. The van der Waals surface area contributed by atoms with Crippen LogP contribution >= 0.6 is 0 Å². The topological polar surface area (TPSA) is 52.3 Å². The van der Waals surface area contributed by atoms with Crippen LogP contribution in [0.15, 0.2) is 48.5 Å². The van der Waals surface area contributed by atoms with Crippen LogP contribution in [0.5, 0.6) is 5.75 Å². The van der Waals surface area contributed by atoms with Crippen LogP contribution in [0.1, 0.15) is 18.9 Å². The fourth-order valence-electron chi connectivity index (χ4n) is 2.04. The second kappa shape index (κ2) is 6.75. The number of carbonyl (C=O) groups excluding carboxylic acids is 1. The minimum atomic E-state index is -0.263. The zero-order valence-corrected chi connectivity index (χ0v) is 11.6. The van der Waals surface area contributed by atoms with E-state index in [-0.39, 0.29) is 5.91 Å². The van der Waals surface area contributed by atoms with Gasteiger partial charge >= 0.3 is 0 Å². The molecule has 2 aromatic rings. The van der Waals surface area contributed by atoms with Crippen LogP contribution in [0.2, 0.25) is 0 Å². The summed E-state index contributed by atoms with van der Waals surface area (Å²) in [7, 11) is 0. The molecule has 0 unspecified atom stereocenters. The predicted molar refractivity (Wildman–Crippen MR) is 80.6 cm³/mol. The van der Waals surface area contributed by atoms with E-state index in [1.165, 1.54) is 0 Å². The molecule has 0 radical (unpaired) electrons. The molecule has 0 bridgehead atoms. The molecule has 0 spiro atoms. The molecule has 20 heavy (non-hydrogen) atoms. The van der Waals surface area contributed by atoms with Crippen molar-refractivity contribution in [3.63, 3.8) is 0 Å². The first-order valence-corrected chi connectivity index (χ1v) is 6.79. The molecule has 2 N–H and O–H groups in total. The molecule has 0 heterocycles. The molecule has 0 fully saturated rings. The maximum absolute atomic E-state index is 10.8. The number of amides is 1. The van der Waals surface area contributed by atoms with Crippen LogP contribution in [0.25, 0.3) is 11.1 Å². The number of carbonyl (C=O) groups is 1. The predicted octanol–water partition coefficient (Wildman–Crippen LogP) is 3.17. The Kier molecular flexibility index (Phi) is 4.77. The van der Waals surface area contributed by atoms with Gasteiger partial charge in [-0.05, 0) is 42.2 Å². The van der Waals surface area contributed by atoms with E-state index in [1.807, 2.05) is 43.3 Å². The summed E-state index contributed by atoms with van der Waals surface area (Å²) >= 11 is 0. The zero-order chi connectivity index (χ0) is 14.4. The summed E-state index contributed by atoms with van der Waals surface area (Å²) in [6, 6.07) is 16.2. The first kappa shape index (κ1) is 14.1. The van der Waals surface area contributed by atoms with Gasteiger partial charge in [0.05, 0.1) is 6.61 Å². The highest BCUT2D eigenvalue weighted by atomic mass is 16.5.